The van der Waals surface area contributed by atoms with Crippen LogP contribution in [0.2, 0.25) is 0 Å². The summed E-state index contributed by atoms with van der Waals surface area (Å²) in [4.78, 5) is 30.2. The van der Waals surface area contributed by atoms with Crippen molar-refractivity contribution in [1.29, 1.82) is 0 Å². The number of fused-ring (bicyclic) bond motifs is 1. The number of hydrogen-bond acceptors (Lipinski definition) is 5. The predicted molar refractivity (Wildman–Crippen MR) is 113 cm³/mol. The minimum absolute atomic E-state index is 0.0199. The highest BCUT2D eigenvalue weighted by Crippen LogP contribution is 2.35. The molecule has 0 bridgehead atoms. The number of aromatic nitrogens is 2. The van der Waals surface area contributed by atoms with E-state index in [0.717, 1.165) is 16.7 Å². The molecule has 0 atom stereocenters. The number of amides is 2. The number of halogens is 1. The van der Waals surface area contributed by atoms with Crippen LogP contribution < -0.4 is 10.2 Å². The number of rotatable bonds is 4. The molecule has 0 spiro atoms. The molecule has 0 unspecified atom stereocenters. The van der Waals surface area contributed by atoms with Crippen LogP contribution in [0.1, 0.15) is 44.9 Å². The van der Waals surface area contributed by atoms with Gasteiger partial charge in [-0.15, -0.1) is 0 Å². The fourth-order valence-electron chi connectivity index (χ4n) is 3.96. The SMILES string of the molecule is Cc1noc(C)c1C(=O)NCc1cncc(-c2cc3c(cc2F)N(C)C(=O)CC3)c1C. The van der Waals surface area contributed by atoms with Gasteiger partial charge in [0.25, 0.3) is 5.91 Å². The summed E-state index contributed by atoms with van der Waals surface area (Å²) in [5.74, 6) is -0.262. The number of nitrogens with zero attached hydrogens (tertiary/aromatic N) is 3. The van der Waals surface area contributed by atoms with Gasteiger partial charge in [0.2, 0.25) is 5.91 Å². The van der Waals surface area contributed by atoms with Crippen LogP contribution in [-0.2, 0) is 17.8 Å². The summed E-state index contributed by atoms with van der Waals surface area (Å²) in [6, 6.07) is 3.21. The Hall–Kier alpha value is -3.55. The van der Waals surface area contributed by atoms with E-state index in [2.05, 4.69) is 15.5 Å². The fraction of sp³-hybridized carbons (Fsp3) is 0.304. The van der Waals surface area contributed by atoms with Crippen molar-refractivity contribution in [3.05, 3.63) is 64.1 Å². The van der Waals surface area contributed by atoms with Crippen molar-refractivity contribution >= 4 is 17.5 Å². The molecule has 0 radical (unpaired) electrons. The maximum absolute atomic E-state index is 15.0. The second kappa shape index (κ2) is 7.94. The minimum atomic E-state index is -0.415. The van der Waals surface area contributed by atoms with Gasteiger partial charge in [-0.25, -0.2) is 4.39 Å². The summed E-state index contributed by atoms with van der Waals surface area (Å²) in [6.45, 7) is 5.51. The van der Waals surface area contributed by atoms with Crippen LogP contribution in [0.3, 0.4) is 0 Å². The summed E-state index contributed by atoms with van der Waals surface area (Å²) in [5, 5.41) is 6.66. The maximum atomic E-state index is 15.0. The van der Waals surface area contributed by atoms with Crippen molar-refractivity contribution in [3.63, 3.8) is 0 Å². The van der Waals surface area contributed by atoms with Crippen LogP contribution in [0, 0.1) is 26.6 Å². The summed E-state index contributed by atoms with van der Waals surface area (Å²) >= 11 is 0. The second-order valence-corrected chi connectivity index (χ2v) is 7.77. The third-order valence-corrected chi connectivity index (χ3v) is 5.82. The molecule has 4 rings (SSSR count). The smallest absolute Gasteiger partial charge is 0.257 e. The molecule has 1 aliphatic heterocycles. The van der Waals surface area contributed by atoms with Crippen LogP contribution in [0.25, 0.3) is 11.1 Å². The molecule has 1 N–H and O–H groups in total. The van der Waals surface area contributed by atoms with E-state index in [4.69, 9.17) is 4.52 Å². The Kier molecular flexibility index (Phi) is 5.31. The summed E-state index contributed by atoms with van der Waals surface area (Å²) in [6.07, 6.45) is 4.26. The van der Waals surface area contributed by atoms with E-state index in [0.29, 0.717) is 46.7 Å². The summed E-state index contributed by atoms with van der Waals surface area (Å²) in [7, 11) is 1.66. The highest BCUT2D eigenvalue weighted by molar-refractivity contribution is 5.97. The van der Waals surface area contributed by atoms with Crippen LogP contribution in [0.4, 0.5) is 10.1 Å². The first-order valence-electron chi connectivity index (χ1n) is 10.0. The van der Waals surface area contributed by atoms with Crippen molar-refractivity contribution in [2.75, 3.05) is 11.9 Å². The molecule has 1 aliphatic rings. The van der Waals surface area contributed by atoms with Gasteiger partial charge in [0.05, 0.1) is 5.69 Å². The lowest BCUT2D eigenvalue weighted by atomic mass is 9.93. The molecule has 31 heavy (non-hydrogen) atoms. The number of aryl methyl sites for hydroxylation is 3. The zero-order chi connectivity index (χ0) is 22.3. The van der Waals surface area contributed by atoms with Gasteiger partial charge in [0.15, 0.2) is 0 Å². The van der Waals surface area contributed by atoms with E-state index in [1.165, 1.54) is 11.0 Å². The second-order valence-electron chi connectivity index (χ2n) is 7.77. The van der Waals surface area contributed by atoms with Crippen LogP contribution in [0.15, 0.2) is 29.0 Å². The molecule has 2 aromatic heterocycles. The van der Waals surface area contributed by atoms with Gasteiger partial charge >= 0.3 is 0 Å². The van der Waals surface area contributed by atoms with E-state index in [1.54, 1.807) is 39.4 Å². The number of nitrogens with one attached hydrogen (secondary N) is 1. The lowest BCUT2D eigenvalue weighted by molar-refractivity contribution is -0.118. The van der Waals surface area contributed by atoms with Crippen LogP contribution in [-0.4, -0.2) is 29.0 Å². The molecule has 2 amide bonds. The number of hydrogen-bond donors (Lipinski definition) is 1. The highest BCUT2D eigenvalue weighted by atomic mass is 19.1. The van der Waals surface area contributed by atoms with E-state index in [1.807, 2.05) is 6.92 Å². The van der Waals surface area contributed by atoms with E-state index >= 15 is 4.39 Å². The van der Waals surface area contributed by atoms with Crippen molar-refractivity contribution in [1.82, 2.24) is 15.5 Å². The molecule has 0 saturated carbocycles. The molecule has 0 saturated heterocycles. The quantitative estimate of drug-likeness (QED) is 0.694. The van der Waals surface area contributed by atoms with Gasteiger partial charge < -0.3 is 14.7 Å². The van der Waals surface area contributed by atoms with E-state index in [9.17, 15) is 9.59 Å². The topological polar surface area (TPSA) is 88.3 Å². The molecule has 0 fully saturated rings. The first-order valence-corrected chi connectivity index (χ1v) is 10.0. The third-order valence-electron chi connectivity index (χ3n) is 5.82. The molecular weight excluding hydrogens is 399 g/mol. The number of benzene rings is 1. The van der Waals surface area contributed by atoms with E-state index < -0.39 is 5.82 Å². The van der Waals surface area contributed by atoms with E-state index in [-0.39, 0.29) is 18.4 Å². The zero-order valence-corrected chi connectivity index (χ0v) is 17.9. The number of carbonyl (C=O) groups excluding carboxylic acids is 2. The number of anilines is 1. The third kappa shape index (κ3) is 3.69. The Morgan fingerprint density at radius 1 is 1.19 bits per heavy atom. The molecule has 1 aromatic carbocycles. The van der Waals surface area contributed by atoms with Crippen molar-refractivity contribution in [2.24, 2.45) is 0 Å². The monoisotopic (exact) mass is 422 g/mol. The summed E-state index contributed by atoms with van der Waals surface area (Å²) in [5.41, 5.74) is 5.17. The standard InChI is InChI=1S/C23H23FN4O3/c1-12-16(10-26-23(30)22-13(2)27-31-14(22)3)9-25-11-18(12)17-7-15-5-6-21(29)28(4)20(15)8-19(17)24/h7-9,11H,5-6,10H2,1-4H3,(H,26,30). The Morgan fingerprint density at radius 3 is 2.68 bits per heavy atom. The largest absolute Gasteiger partial charge is 0.361 e. The average Bonchev–Trinajstić information content (AvgIpc) is 3.08. The lowest BCUT2D eigenvalue weighted by Crippen LogP contribution is -2.31. The Bertz CT molecular complexity index is 1180. The minimum Gasteiger partial charge on any atom is -0.361 e. The molecule has 160 valence electrons. The first-order chi connectivity index (χ1) is 14.8. The maximum Gasteiger partial charge on any atom is 0.257 e. The Morgan fingerprint density at radius 2 is 1.97 bits per heavy atom. The van der Waals surface area contributed by atoms with Gasteiger partial charge in [-0.3, -0.25) is 14.6 Å². The molecule has 7 nitrogen and oxygen atoms in total. The average molecular weight is 422 g/mol. The Labute approximate surface area is 179 Å². The van der Waals surface area contributed by atoms with Gasteiger partial charge in [0, 0.05) is 49.2 Å². The molecule has 8 heteroatoms. The van der Waals surface area contributed by atoms with Gasteiger partial charge in [0.1, 0.15) is 17.1 Å². The van der Waals surface area contributed by atoms with Crippen molar-refractivity contribution in [2.45, 2.75) is 40.2 Å². The molecule has 3 heterocycles. The van der Waals surface area contributed by atoms with Gasteiger partial charge in [-0.1, -0.05) is 5.16 Å². The lowest BCUT2D eigenvalue weighted by Gasteiger charge is -2.26. The fourth-order valence-corrected chi connectivity index (χ4v) is 3.96. The van der Waals surface area contributed by atoms with Gasteiger partial charge in [-0.05, 0) is 56.0 Å². The van der Waals surface area contributed by atoms with Crippen LogP contribution >= 0.6 is 0 Å². The Balaban J connectivity index is 1.63. The zero-order valence-electron chi connectivity index (χ0n) is 17.9. The van der Waals surface area contributed by atoms with Gasteiger partial charge in [-0.2, -0.15) is 0 Å². The molecular formula is C23H23FN4O3. The predicted octanol–water partition coefficient (Wildman–Crippen LogP) is 3.64. The first kappa shape index (κ1) is 20.7. The number of pyridine rings is 1. The summed E-state index contributed by atoms with van der Waals surface area (Å²) < 4.78 is 20.1. The number of carbonyl (C=O) groups is 2. The normalized spacial score (nSPS) is 13.3. The molecule has 3 aromatic rings. The van der Waals surface area contributed by atoms with Crippen LogP contribution in [0.5, 0.6) is 0 Å². The van der Waals surface area contributed by atoms with Crippen molar-refractivity contribution in [3.8, 4) is 11.1 Å². The van der Waals surface area contributed by atoms with Crippen molar-refractivity contribution < 1.29 is 18.5 Å². The highest BCUT2D eigenvalue weighted by Gasteiger charge is 2.24. The molecule has 0 aliphatic carbocycles.